The highest BCUT2D eigenvalue weighted by Gasteiger charge is 2.31. The fourth-order valence-electron chi connectivity index (χ4n) is 3.03. The van der Waals surface area contributed by atoms with Crippen LogP contribution in [0.1, 0.15) is 41.9 Å². The van der Waals surface area contributed by atoms with Crippen molar-refractivity contribution in [2.75, 3.05) is 6.61 Å². The van der Waals surface area contributed by atoms with Gasteiger partial charge in [-0.05, 0) is 31.0 Å². The lowest BCUT2D eigenvalue weighted by Gasteiger charge is -2.16. The molecule has 20 heavy (non-hydrogen) atoms. The molecule has 0 spiro atoms. The van der Waals surface area contributed by atoms with E-state index in [1.807, 2.05) is 13.1 Å². The quantitative estimate of drug-likeness (QED) is 0.934. The van der Waals surface area contributed by atoms with Gasteiger partial charge in [0, 0.05) is 19.6 Å². The van der Waals surface area contributed by atoms with Gasteiger partial charge in [-0.1, -0.05) is 6.92 Å². The molecule has 1 aromatic heterocycles. The first kappa shape index (κ1) is 13.1. The number of hydrogen-bond acceptors (Lipinski definition) is 3. The number of aromatic nitrogens is 2. The van der Waals surface area contributed by atoms with Gasteiger partial charge in [-0.2, -0.15) is 0 Å². The Bertz CT molecular complexity index is 662. The summed E-state index contributed by atoms with van der Waals surface area (Å²) >= 11 is 0. The SMILES string of the molecule is CCC1OCCC1c1nc2cc(C(=O)O)ccc2n1C. The van der Waals surface area contributed by atoms with Crippen LogP contribution in [0.15, 0.2) is 18.2 Å². The lowest BCUT2D eigenvalue weighted by molar-refractivity contribution is 0.0697. The van der Waals surface area contributed by atoms with Crippen LogP contribution in [0.25, 0.3) is 11.0 Å². The maximum atomic E-state index is 11.0. The van der Waals surface area contributed by atoms with Gasteiger partial charge < -0.3 is 14.4 Å². The molecule has 0 radical (unpaired) electrons. The first-order chi connectivity index (χ1) is 9.61. The molecule has 1 fully saturated rings. The van der Waals surface area contributed by atoms with Crippen LogP contribution < -0.4 is 0 Å². The standard InChI is InChI=1S/C15H18N2O3/c1-3-13-10(6-7-20-13)14-16-11-8-9(15(18)19)4-5-12(11)17(14)2/h4-5,8,10,13H,3,6-7H2,1-2H3,(H,18,19). The average molecular weight is 274 g/mol. The van der Waals surface area contributed by atoms with Gasteiger partial charge in [0.25, 0.3) is 0 Å². The van der Waals surface area contributed by atoms with Crippen LogP contribution in [-0.4, -0.2) is 33.3 Å². The summed E-state index contributed by atoms with van der Waals surface area (Å²) < 4.78 is 7.79. The van der Waals surface area contributed by atoms with E-state index in [2.05, 4.69) is 16.5 Å². The Balaban J connectivity index is 2.08. The zero-order valence-electron chi connectivity index (χ0n) is 11.7. The van der Waals surface area contributed by atoms with Gasteiger partial charge in [-0.15, -0.1) is 0 Å². The molecule has 2 aromatic rings. The Hall–Kier alpha value is -1.88. The molecule has 1 aromatic carbocycles. The molecular formula is C15H18N2O3. The Labute approximate surface area is 117 Å². The van der Waals surface area contributed by atoms with Crippen molar-refractivity contribution in [2.45, 2.75) is 31.8 Å². The van der Waals surface area contributed by atoms with E-state index in [1.165, 1.54) is 0 Å². The van der Waals surface area contributed by atoms with E-state index in [0.717, 1.165) is 36.3 Å². The number of imidazole rings is 1. The molecule has 2 unspecified atom stereocenters. The minimum absolute atomic E-state index is 0.212. The van der Waals surface area contributed by atoms with Crippen LogP contribution in [0.2, 0.25) is 0 Å². The molecule has 2 heterocycles. The molecule has 3 rings (SSSR count). The number of ether oxygens (including phenoxy) is 1. The zero-order chi connectivity index (χ0) is 14.3. The summed E-state index contributed by atoms with van der Waals surface area (Å²) in [6.45, 7) is 2.89. The molecule has 5 heteroatoms. The molecule has 1 aliphatic rings. The summed E-state index contributed by atoms with van der Waals surface area (Å²) in [5.74, 6) is 0.368. The average Bonchev–Trinajstić information content (AvgIpc) is 3.02. The van der Waals surface area contributed by atoms with Crippen molar-refractivity contribution in [3.63, 3.8) is 0 Å². The topological polar surface area (TPSA) is 64.3 Å². The minimum Gasteiger partial charge on any atom is -0.478 e. The molecule has 5 nitrogen and oxygen atoms in total. The highest BCUT2D eigenvalue weighted by molar-refractivity contribution is 5.92. The number of carboxylic acid groups (broad SMARTS) is 1. The number of carbonyl (C=O) groups is 1. The largest absolute Gasteiger partial charge is 0.478 e. The Kier molecular flexibility index (Phi) is 3.22. The predicted molar refractivity (Wildman–Crippen MR) is 75.1 cm³/mol. The predicted octanol–water partition coefficient (Wildman–Crippen LogP) is 2.55. The number of rotatable bonds is 3. The summed E-state index contributed by atoms with van der Waals surface area (Å²) in [6.07, 6.45) is 2.15. The third-order valence-electron chi connectivity index (χ3n) is 4.11. The Morgan fingerprint density at radius 2 is 2.35 bits per heavy atom. The molecular weight excluding hydrogens is 256 g/mol. The fourth-order valence-corrected chi connectivity index (χ4v) is 3.03. The van der Waals surface area contributed by atoms with Gasteiger partial charge in [-0.25, -0.2) is 9.78 Å². The van der Waals surface area contributed by atoms with Crippen molar-refractivity contribution >= 4 is 17.0 Å². The molecule has 1 N–H and O–H groups in total. The van der Waals surface area contributed by atoms with Crippen molar-refractivity contribution in [2.24, 2.45) is 7.05 Å². The minimum atomic E-state index is -0.922. The highest BCUT2D eigenvalue weighted by atomic mass is 16.5. The van der Waals surface area contributed by atoms with Gasteiger partial charge in [0.2, 0.25) is 0 Å². The molecule has 0 saturated carbocycles. The number of fused-ring (bicyclic) bond motifs is 1. The van der Waals surface area contributed by atoms with Crippen LogP contribution in [-0.2, 0) is 11.8 Å². The summed E-state index contributed by atoms with van der Waals surface area (Å²) in [7, 11) is 1.98. The molecule has 2 atom stereocenters. The number of benzene rings is 1. The third-order valence-corrected chi connectivity index (χ3v) is 4.11. The summed E-state index contributed by atoms with van der Waals surface area (Å²) in [6, 6.07) is 5.09. The van der Waals surface area contributed by atoms with Crippen molar-refractivity contribution in [3.8, 4) is 0 Å². The van der Waals surface area contributed by atoms with Crippen LogP contribution in [0.5, 0.6) is 0 Å². The highest BCUT2D eigenvalue weighted by Crippen LogP contribution is 2.33. The van der Waals surface area contributed by atoms with E-state index in [1.54, 1.807) is 12.1 Å². The smallest absolute Gasteiger partial charge is 0.335 e. The molecule has 1 saturated heterocycles. The third kappa shape index (κ3) is 1.98. The number of carboxylic acids is 1. The summed E-state index contributed by atoms with van der Waals surface area (Å²) in [5.41, 5.74) is 1.98. The van der Waals surface area contributed by atoms with E-state index in [-0.39, 0.29) is 11.7 Å². The molecule has 106 valence electrons. The molecule has 0 bridgehead atoms. The first-order valence-corrected chi connectivity index (χ1v) is 6.93. The van der Waals surface area contributed by atoms with E-state index < -0.39 is 5.97 Å². The second-order valence-corrected chi connectivity index (χ2v) is 5.25. The van der Waals surface area contributed by atoms with Gasteiger partial charge in [0.15, 0.2) is 0 Å². The van der Waals surface area contributed by atoms with Gasteiger partial charge >= 0.3 is 5.97 Å². The number of aromatic carboxylic acids is 1. The second-order valence-electron chi connectivity index (χ2n) is 5.25. The van der Waals surface area contributed by atoms with E-state index in [4.69, 9.17) is 9.84 Å². The van der Waals surface area contributed by atoms with E-state index in [0.29, 0.717) is 5.92 Å². The van der Waals surface area contributed by atoms with Gasteiger partial charge in [-0.3, -0.25) is 0 Å². The Morgan fingerprint density at radius 1 is 1.55 bits per heavy atom. The van der Waals surface area contributed by atoms with Crippen LogP contribution in [0, 0.1) is 0 Å². The number of hydrogen-bond donors (Lipinski definition) is 1. The van der Waals surface area contributed by atoms with Crippen molar-refractivity contribution in [1.82, 2.24) is 9.55 Å². The van der Waals surface area contributed by atoms with E-state index >= 15 is 0 Å². The van der Waals surface area contributed by atoms with Crippen molar-refractivity contribution in [3.05, 3.63) is 29.6 Å². The van der Waals surface area contributed by atoms with Crippen LogP contribution in [0.3, 0.4) is 0 Å². The van der Waals surface area contributed by atoms with E-state index in [9.17, 15) is 4.79 Å². The van der Waals surface area contributed by atoms with Gasteiger partial charge in [0.05, 0.1) is 22.7 Å². The van der Waals surface area contributed by atoms with Crippen molar-refractivity contribution in [1.29, 1.82) is 0 Å². The lowest BCUT2D eigenvalue weighted by atomic mass is 9.99. The number of nitrogens with zero attached hydrogens (tertiary/aromatic N) is 2. The normalized spacial score (nSPS) is 22.5. The summed E-state index contributed by atoms with van der Waals surface area (Å²) in [4.78, 5) is 15.7. The first-order valence-electron chi connectivity index (χ1n) is 6.93. The second kappa shape index (κ2) is 4.90. The monoisotopic (exact) mass is 274 g/mol. The zero-order valence-corrected chi connectivity index (χ0v) is 11.7. The Morgan fingerprint density at radius 3 is 3.05 bits per heavy atom. The lowest BCUT2D eigenvalue weighted by Crippen LogP contribution is -2.16. The van der Waals surface area contributed by atoms with Crippen molar-refractivity contribution < 1.29 is 14.6 Å². The summed E-state index contributed by atoms with van der Waals surface area (Å²) in [5, 5.41) is 9.06. The van der Waals surface area contributed by atoms with Crippen LogP contribution >= 0.6 is 0 Å². The maximum absolute atomic E-state index is 11.0. The maximum Gasteiger partial charge on any atom is 0.335 e. The van der Waals surface area contributed by atoms with Gasteiger partial charge in [0.1, 0.15) is 5.82 Å². The molecule has 1 aliphatic heterocycles. The molecule has 0 amide bonds. The van der Waals surface area contributed by atoms with Crippen LogP contribution in [0.4, 0.5) is 0 Å². The fraction of sp³-hybridized carbons (Fsp3) is 0.467. The number of aryl methyl sites for hydroxylation is 1. The molecule has 0 aliphatic carbocycles.